The highest BCUT2D eigenvalue weighted by atomic mass is 16.5. The van der Waals surface area contributed by atoms with Gasteiger partial charge in [0.2, 0.25) is 0 Å². The third kappa shape index (κ3) is 2.65. The second-order valence-electron chi connectivity index (χ2n) is 4.21. The molecule has 0 unspecified atom stereocenters. The van der Waals surface area contributed by atoms with Crippen LogP contribution in [0.2, 0.25) is 0 Å². The molecule has 0 aliphatic rings. The summed E-state index contributed by atoms with van der Waals surface area (Å²) in [5.41, 5.74) is 0.777. The summed E-state index contributed by atoms with van der Waals surface area (Å²) in [6, 6.07) is 13.7. The molecular formula is C16H16O4. The number of ketones is 1. The van der Waals surface area contributed by atoms with E-state index in [1.807, 2.05) is 0 Å². The van der Waals surface area contributed by atoms with E-state index in [1.165, 1.54) is 14.2 Å². The molecule has 20 heavy (non-hydrogen) atoms. The number of aliphatic hydroxyl groups is 1. The maximum atomic E-state index is 12.4. The number of ether oxygens (including phenoxy) is 2. The number of aliphatic hydroxyl groups excluding tert-OH is 1. The third-order valence-electron chi connectivity index (χ3n) is 3.05. The normalized spacial score (nSPS) is 11.8. The molecular weight excluding hydrogens is 256 g/mol. The number of hydrogen-bond acceptors (Lipinski definition) is 4. The summed E-state index contributed by atoms with van der Waals surface area (Å²) in [4.78, 5) is 12.4. The van der Waals surface area contributed by atoms with Crippen molar-refractivity contribution in [3.63, 3.8) is 0 Å². The molecule has 2 rings (SSSR count). The Balaban J connectivity index is 2.38. The standard InChI is InChI=1S/C16H16O4/c1-19-13-9-5-3-7-11(13)15(17)16(18)12-8-4-6-10-14(12)20-2/h3-10,15,17H,1-2H3/t15-/m1/s1. The van der Waals surface area contributed by atoms with E-state index in [0.717, 1.165) is 0 Å². The molecule has 0 bridgehead atoms. The summed E-state index contributed by atoms with van der Waals surface area (Å²) in [6.45, 7) is 0. The van der Waals surface area contributed by atoms with Gasteiger partial charge in [-0.2, -0.15) is 0 Å². The maximum Gasteiger partial charge on any atom is 0.199 e. The molecule has 0 saturated carbocycles. The molecule has 0 aliphatic heterocycles. The monoisotopic (exact) mass is 272 g/mol. The zero-order chi connectivity index (χ0) is 14.5. The molecule has 2 aromatic rings. The Morgan fingerprint density at radius 3 is 2.15 bits per heavy atom. The summed E-state index contributed by atoms with van der Waals surface area (Å²) in [5, 5.41) is 10.3. The lowest BCUT2D eigenvalue weighted by atomic mass is 9.98. The lowest BCUT2D eigenvalue weighted by molar-refractivity contribution is 0.0739. The van der Waals surface area contributed by atoms with Crippen molar-refractivity contribution < 1.29 is 19.4 Å². The summed E-state index contributed by atoms with van der Waals surface area (Å²) in [6.07, 6.45) is -1.29. The van der Waals surface area contributed by atoms with Gasteiger partial charge in [-0.3, -0.25) is 4.79 Å². The van der Waals surface area contributed by atoms with Gasteiger partial charge in [0.1, 0.15) is 17.6 Å². The van der Waals surface area contributed by atoms with Gasteiger partial charge >= 0.3 is 0 Å². The molecule has 104 valence electrons. The van der Waals surface area contributed by atoms with Crippen molar-refractivity contribution in [2.75, 3.05) is 14.2 Å². The fourth-order valence-corrected chi connectivity index (χ4v) is 2.03. The van der Waals surface area contributed by atoms with E-state index in [0.29, 0.717) is 22.6 Å². The van der Waals surface area contributed by atoms with Gasteiger partial charge in [-0.15, -0.1) is 0 Å². The molecule has 0 heterocycles. The highest BCUT2D eigenvalue weighted by Gasteiger charge is 2.24. The predicted molar refractivity (Wildman–Crippen MR) is 75.3 cm³/mol. The van der Waals surface area contributed by atoms with Crippen molar-refractivity contribution in [2.24, 2.45) is 0 Å². The number of hydrogen-bond donors (Lipinski definition) is 1. The van der Waals surface area contributed by atoms with Crippen LogP contribution in [0, 0.1) is 0 Å². The quantitative estimate of drug-likeness (QED) is 0.850. The Bertz CT molecular complexity index is 607. The van der Waals surface area contributed by atoms with E-state index in [4.69, 9.17) is 9.47 Å². The zero-order valence-corrected chi connectivity index (χ0v) is 11.4. The Morgan fingerprint density at radius 2 is 1.50 bits per heavy atom. The minimum absolute atomic E-state index is 0.341. The third-order valence-corrected chi connectivity index (χ3v) is 3.05. The highest BCUT2D eigenvalue weighted by Crippen LogP contribution is 2.29. The van der Waals surface area contributed by atoms with E-state index in [-0.39, 0.29) is 0 Å². The lowest BCUT2D eigenvalue weighted by Crippen LogP contribution is -2.14. The number of benzene rings is 2. The first kappa shape index (κ1) is 14.1. The topological polar surface area (TPSA) is 55.8 Å². The van der Waals surface area contributed by atoms with Gasteiger partial charge in [0, 0.05) is 5.56 Å². The van der Waals surface area contributed by atoms with Crippen LogP contribution in [0.5, 0.6) is 11.5 Å². The predicted octanol–water partition coefficient (Wildman–Crippen LogP) is 2.62. The summed E-state index contributed by atoms with van der Waals surface area (Å²) < 4.78 is 10.3. The molecule has 4 heteroatoms. The van der Waals surface area contributed by atoms with Gasteiger partial charge in [-0.1, -0.05) is 30.3 Å². The molecule has 1 atom stereocenters. The number of methoxy groups -OCH3 is 2. The first-order chi connectivity index (χ1) is 9.69. The van der Waals surface area contributed by atoms with Crippen LogP contribution < -0.4 is 9.47 Å². The van der Waals surface area contributed by atoms with Crippen molar-refractivity contribution >= 4 is 5.78 Å². The zero-order valence-electron chi connectivity index (χ0n) is 11.4. The first-order valence-electron chi connectivity index (χ1n) is 6.17. The van der Waals surface area contributed by atoms with Crippen molar-refractivity contribution in [1.29, 1.82) is 0 Å². The molecule has 0 saturated heterocycles. The summed E-state index contributed by atoms with van der Waals surface area (Å²) in [5.74, 6) is 0.488. The Kier molecular flexibility index (Phi) is 4.38. The fourth-order valence-electron chi connectivity index (χ4n) is 2.03. The van der Waals surface area contributed by atoms with Crippen molar-refractivity contribution in [1.82, 2.24) is 0 Å². The Morgan fingerprint density at radius 1 is 0.950 bits per heavy atom. The van der Waals surface area contributed by atoms with E-state index in [1.54, 1.807) is 48.5 Å². The molecule has 1 N–H and O–H groups in total. The largest absolute Gasteiger partial charge is 0.496 e. The molecule has 0 aliphatic carbocycles. The number of carbonyl (C=O) groups is 1. The smallest absolute Gasteiger partial charge is 0.199 e. The molecule has 0 fully saturated rings. The first-order valence-corrected chi connectivity index (χ1v) is 6.17. The molecule has 0 spiro atoms. The van der Waals surface area contributed by atoms with Crippen LogP contribution in [0.4, 0.5) is 0 Å². The van der Waals surface area contributed by atoms with Gasteiger partial charge in [0.05, 0.1) is 19.8 Å². The van der Waals surface area contributed by atoms with E-state index >= 15 is 0 Å². The number of rotatable bonds is 5. The van der Waals surface area contributed by atoms with Crippen LogP contribution in [-0.2, 0) is 0 Å². The van der Waals surface area contributed by atoms with E-state index < -0.39 is 11.9 Å². The molecule has 0 aromatic heterocycles. The summed E-state index contributed by atoms with van der Waals surface area (Å²) >= 11 is 0. The number of para-hydroxylation sites is 2. The minimum Gasteiger partial charge on any atom is -0.496 e. The van der Waals surface area contributed by atoms with Crippen LogP contribution in [-0.4, -0.2) is 25.1 Å². The van der Waals surface area contributed by atoms with Crippen molar-refractivity contribution in [3.05, 3.63) is 59.7 Å². The van der Waals surface area contributed by atoms with Crippen LogP contribution in [0.1, 0.15) is 22.0 Å². The van der Waals surface area contributed by atoms with Crippen LogP contribution in [0.3, 0.4) is 0 Å². The van der Waals surface area contributed by atoms with Gasteiger partial charge < -0.3 is 14.6 Å². The Hall–Kier alpha value is -2.33. The fraction of sp³-hybridized carbons (Fsp3) is 0.188. The summed E-state index contributed by atoms with van der Waals surface area (Å²) in [7, 11) is 2.99. The van der Waals surface area contributed by atoms with Gasteiger partial charge in [0.25, 0.3) is 0 Å². The van der Waals surface area contributed by atoms with E-state index in [2.05, 4.69) is 0 Å². The van der Waals surface area contributed by atoms with Crippen molar-refractivity contribution in [3.8, 4) is 11.5 Å². The average Bonchev–Trinajstić information content (AvgIpc) is 2.53. The SMILES string of the molecule is COc1ccccc1C(=O)[C@H](O)c1ccccc1OC. The number of Topliss-reactive ketones (excluding diaryl/α,β-unsaturated/α-hetero) is 1. The van der Waals surface area contributed by atoms with Crippen LogP contribution >= 0.6 is 0 Å². The molecule has 2 aromatic carbocycles. The maximum absolute atomic E-state index is 12.4. The second kappa shape index (κ2) is 6.21. The number of carbonyl (C=O) groups excluding carboxylic acids is 1. The minimum atomic E-state index is -1.29. The molecule has 0 amide bonds. The van der Waals surface area contributed by atoms with Crippen LogP contribution in [0.25, 0.3) is 0 Å². The van der Waals surface area contributed by atoms with Gasteiger partial charge in [-0.05, 0) is 18.2 Å². The Labute approximate surface area is 117 Å². The van der Waals surface area contributed by atoms with Crippen LogP contribution in [0.15, 0.2) is 48.5 Å². The second-order valence-corrected chi connectivity index (χ2v) is 4.21. The molecule has 0 radical (unpaired) electrons. The average molecular weight is 272 g/mol. The lowest BCUT2D eigenvalue weighted by Gasteiger charge is -2.15. The van der Waals surface area contributed by atoms with Gasteiger partial charge in [-0.25, -0.2) is 0 Å². The van der Waals surface area contributed by atoms with Crippen molar-refractivity contribution in [2.45, 2.75) is 6.10 Å². The van der Waals surface area contributed by atoms with E-state index in [9.17, 15) is 9.90 Å². The van der Waals surface area contributed by atoms with Gasteiger partial charge in [0.15, 0.2) is 5.78 Å². The highest BCUT2D eigenvalue weighted by molar-refractivity contribution is 6.02. The molecule has 4 nitrogen and oxygen atoms in total.